The molecule has 0 rings (SSSR count). The number of allylic oxidation sites excluding steroid dienone is 15. The number of rotatable bonds is 34. The van der Waals surface area contributed by atoms with Crippen LogP contribution in [0.25, 0.3) is 0 Å². The second kappa shape index (κ2) is 40.1. The van der Waals surface area contributed by atoms with E-state index in [1.807, 2.05) is 30.4 Å². The summed E-state index contributed by atoms with van der Waals surface area (Å²) in [4.78, 5) is 37.4. The molecular weight excluding hydrogens is 648 g/mol. The molecular formula is C46H72O6. The summed E-state index contributed by atoms with van der Waals surface area (Å²) in [5, 5.41) is 0. The summed E-state index contributed by atoms with van der Waals surface area (Å²) >= 11 is 0. The Morgan fingerprint density at radius 2 is 0.923 bits per heavy atom. The molecule has 0 fully saturated rings. The molecule has 0 aromatic carbocycles. The third-order valence-electron chi connectivity index (χ3n) is 7.93. The van der Waals surface area contributed by atoms with E-state index in [4.69, 9.17) is 14.2 Å². The van der Waals surface area contributed by atoms with Gasteiger partial charge in [-0.25, -0.2) is 0 Å². The summed E-state index contributed by atoms with van der Waals surface area (Å²) in [6, 6.07) is 0. The van der Waals surface area contributed by atoms with E-state index in [0.29, 0.717) is 6.42 Å². The van der Waals surface area contributed by atoms with Crippen LogP contribution in [0, 0.1) is 0 Å². The standard InChI is InChI=1S/C46H72O6/c1-4-7-10-13-16-19-21-22-23-24-25-28-30-33-36-39-45(48)51-42-43(41-50-44(47)38-35-32-29-26-18-15-12-9-6-3)52-46(49)40-37-34-31-27-20-17-14-11-8-5-2/h7,9-10,12-14,16-19,21-23,26,32,35,43H,4-6,8,11,15,20,24-25,27-31,33-34,36-42H2,1-3H3/b10-7-,12-9-,16-13-,17-14-,21-19-,23-22-,26-18-,35-32-. The van der Waals surface area contributed by atoms with Crippen LogP contribution in [0.5, 0.6) is 0 Å². The van der Waals surface area contributed by atoms with Crippen molar-refractivity contribution in [2.75, 3.05) is 13.2 Å². The van der Waals surface area contributed by atoms with Gasteiger partial charge in [0.2, 0.25) is 0 Å². The van der Waals surface area contributed by atoms with Crippen molar-refractivity contribution in [3.8, 4) is 0 Å². The fourth-order valence-electron chi connectivity index (χ4n) is 4.90. The van der Waals surface area contributed by atoms with E-state index in [9.17, 15) is 14.4 Å². The Kier molecular flexibility index (Phi) is 37.3. The van der Waals surface area contributed by atoms with Crippen molar-refractivity contribution in [2.24, 2.45) is 0 Å². The van der Waals surface area contributed by atoms with Gasteiger partial charge in [-0.1, -0.05) is 163 Å². The van der Waals surface area contributed by atoms with Gasteiger partial charge in [0.1, 0.15) is 13.2 Å². The third-order valence-corrected chi connectivity index (χ3v) is 7.93. The molecule has 0 bridgehead atoms. The van der Waals surface area contributed by atoms with E-state index < -0.39 is 12.1 Å². The van der Waals surface area contributed by atoms with Crippen LogP contribution < -0.4 is 0 Å². The van der Waals surface area contributed by atoms with Crippen molar-refractivity contribution in [1.29, 1.82) is 0 Å². The second-order valence-corrected chi connectivity index (χ2v) is 12.9. The molecule has 0 aromatic heterocycles. The number of unbranched alkanes of at least 4 members (excludes halogenated alkanes) is 11. The van der Waals surface area contributed by atoms with Crippen LogP contribution in [0.15, 0.2) is 97.2 Å². The Morgan fingerprint density at radius 1 is 0.442 bits per heavy atom. The summed E-state index contributed by atoms with van der Waals surface area (Å²) in [5.74, 6) is -1.10. The monoisotopic (exact) mass is 721 g/mol. The van der Waals surface area contributed by atoms with E-state index in [2.05, 4.69) is 81.5 Å². The minimum absolute atomic E-state index is 0.124. The highest BCUT2D eigenvalue weighted by molar-refractivity contribution is 5.72. The molecule has 0 heterocycles. The number of esters is 3. The lowest BCUT2D eigenvalue weighted by Crippen LogP contribution is -2.30. The lowest BCUT2D eigenvalue weighted by molar-refractivity contribution is -0.166. The summed E-state index contributed by atoms with van der Waals surface area (Å²) in [7, 11) is 0. The Hall–Kier alpha value is -3.67. The van der Waals surface area contributed by atoms with Gasteiger partial charge in [-0.15, -0.1) is 0 Å². The highest BCUT2D eigenvalue weighted by atomic mass is 16.6. The van der Waals surface area contributed by atoms with Gasteiger partial charge in [0.25, 0.3) is 0 Å². The Balaban J connectivity index is 4.51. The maximum Gasteiger partial charge on any atom is 0.309 e. The Bertz CT molecular complexity index is 1100. The van der Waals surface area contributed by atoms with Gasteiger partial charge in [-0.05, 0) is 70.6 Å². The molecule has 0 saturated carbocycles. The fourth-order valence-corrected chi connectivity index (χ4v) is 4.90. The van der Waals surface area contributed by atoms with Gasteiger partial charge in [-0.3, -0.25) is 14.4 Å². The molecule has 52 heavy (non-hydrogen) atoms. The van der Waals surface area contributed by atoms with Gasteiger partial charge >= 0.3 is 17.9 Å². The quantitative estimate of drug-likeness (QED) is 0.0216. The van der Waals surface area contributed by atoms with Crippen LogP contribution >= 0.6 is 0 Å². The topological polar surface area (TPSA) is 78.9 Å². The summed E-state index contributed by atoms with van der Waals surface area (Å²) in [5.41, 5.74) is 0. The number of carbonyl (C=O) groups excluding carboxylic acids is 3. The molecule has 0 saturated heterocycles. The van der Waals surface area contributed by atoms with Crippen LogP contribution in [-0.4, -0.2) is 37.2 Å². The summed E-state index contributed by atoms with van der Waals surface area (Å²) < 4.78 is 16.5. The highest BCUT2D eigenvalue weighted by Gasteiger charge is 2.19. The van der Waals surface area contributed by atoms with Gasteiger partial charge in [0, 0.05) is 12.8 Å². The van der Waals surface area contributed by atoms with Gasteiger partial charge in [0.05, 0.1) is 6.42 Å². The van der Waals surface area contributed by atoms with E-state index >= 15 is 0 Å². The lowest BCUT2D eigenvalue weighted by Gasteiger charge is -2.18. The smallest absolute Gasteiger partial charge is 0.309 e. The van der Waals surface area contributed by atoms with Crippen molar-refractivity contribution in [1.82, 2.24) is 0 Å². The van der Waals surface area contributed by atoms with Crippen LogP contribution in [0.4, 0.5) is 0 Å². The first-order valence-electron chi connectivity index (χ1n) is 20.3. The number of hydrogen-bond donors (Lipinski definition) is 0. The average Bonchev–Trinajstić information content (AvgIpc) is 3.14. The van der Waals surface area contributed by atoms with Crippen molar-refractivity contribution in [3.63, 3.8) is 0 Å². The van der Waals surface area contributed by atoms with E-state index in [-0.39, 0.29) is 38.0 Å². The third kappa shape index (κ3) is 37.6. The molecule has 0 amide bonds. The molecule has 0 N–H and O–H groups in total. The first-order chi connectivity index (χ1) is 25.5. The molecule has 292 valence electrons. The first kappa shape index (κ1) is 48.3. The molecule has 6 nitrogen and oxygen atoms in total. The van der Waals surface area contributed by atoms with Crippen molar-refractivity contribution < 1.29 is 28.6 Å². The normalized spacial score (nSPS) is 13.1. The zero-order valence-electron chi connectivity index (χ0n) is 33.0. The summed E-state index contributed by atoms with van der Waals surface area (Å²) in [6.45, 7) is 6.16. The number of hydrogen-bond acceptors (Lipinski definition) is 6. The number of carbonyl (C=O) groups is 3. The maximum absolute atomic E-state index is 12.6. The molecule has 0 spiro atoms. The molecule has 0 aromatic rings. The first-order valence-corrected chi connectivity index (χ1v) is 20.3. The lowest BCUT2D eigenvalue weighted by atomic mass is 10.1. The second-order valence-electron chi connectivity index (χ2n) is 12.9. The minimum Gasteiger partial charge on any atom is -0.462 e. The molecule has 0 aliphatic rings. The number of ether oxygens (including phenoxy) is 3. The molecule has 1 atom stereocenters. The minimum atomic E-state index is -0.825. The highest BCUT2D eigenvalue weighted by Crippen LogP contribution is 2.11. The van der Waals surface area contributed by atoms with Crippen molar-refractivity contribution in [2.45, 2.75) is 162 Å². The molecule has 1 unspecified atom stereocenters. The maximum atomic E-state index is 12.6. The molecule has 6 heteroatoms. The van der Waals surface area contributed by atoms with E-state index in [1.165, 1.54) is 12.8 Å². The zero-order valence-corrected chi connectivity index (χ0v) is 33.0. The predicted molar refractivity (Wildman–Crippen MR) is 219 cm³/mol. The van der Waals surface area contributed by atoms with Gasteiger partial charge < -0.3 is 14.2 Å². The van der Waals surface area contributed by atoms with E-state index in [1.54, 1.807) is 6.08 Å². The van der Waals surface area contributed by atoms with E-state index in [0.717, 1.165) is 103 Å². The largest absolute Gasteiger partial charge is 0.462 e. The fraction of sp³-hybridized carbons (Fsp3) is 0.587. The van der Waals surface area contributed by atoms with Crippen molar-refractivity contribution in [3.05, 3.63) is 97.2 Å². The van der Waals surface area contributed by atoms with Crippen LogP contribution in [0.1, 0.15) is 156 Å². The van der Waals surface area contributed by atoms with Crippen LogP contribution in [0.2, 0.25) is 0 Å². The summed E-state index contributed by atoms with van der Waals surface area (Å²) in [6.07, 6.45) is 51.4. The van der Waals surface area contributed by atoms with Crippen molar-refractivity contribution >= 4 is 17.9 Å². The van der Waals surface area contributed by atoms with Crippen LogP contribution in [0.3, 0.4) is 0 Å². The average molecular weight is 721 g/mol. The molecule has 0 aliphatic carbocycles. The molecule has 0 radical (unpaired) electrons. The Morgan fingerprint density at radius 3 is 1.56 bits per heavy atom. The van der Waals surface area contributed by atoms with Gasteiger partial charge in [0.15, 0.2) is 6.10 Å². The van der Waals surface area contributed by atoms with Crippen LogP contribution in [-0.2, 0) is 28.6 Å². The zero-order chi connectivity index (χ0) is 38.0. The van der Waals surface area contributed by atoms with Gasteiger partial charge in [-0.2, -0.15) is 0 Å². The Labute approximate surface area is 317 Å². The molecule has 0 aliphatic heterocycles. The SMILES string of the molecule is CC\C=C/C=C\C=C/C=C\CCCCCCCC(=O)OCC(COC(=O)C/C=C\C/C=C\C/C=C\CC)OC(=O)CCCCCC/C=C\CCCC. The predicted octanol–water partition coefficient (Wildman–Crippen LogP) is 12.7.